The van der Waals surface area contributed by atoms with Crippen molar-refractivity contribution in [2.45, 2.75) is 51.1 Å². The van der Waals surface area contributed by atoms with Crippen LogP contribution in [0.4, 0.5) is 0 Å². The van der Waals surface area contributed by atoms with Crippen molar-refractivity contribution in [2.24, 2.45) is 29.4 Å². The van der Waals surface area contributed by atoms with Crippen LogP contribution in [0.3, 0.4) is 0 Å². The molecule has 0 saturated heterocycles. The summed E-state index contributed by atoms with van der Waals surface area (Å²) in [6.07, 6.45) is 6.83. The number of halogens is 1. The van der Waals surface area contributed by atoms with Crippen molar-refractivity contribution >= 4 is 18.3 Å². The molecule has 3 rings (SSSR count). The Morgan fingerprint density at radius 2 is 1.94 bits per heavy atom. The van der Waals surface area contributed by atoms with E-state index < -0.39 is 0 Å². The van der Waals surface area contributed by atoms with Gasteiger partial charge in [-0.1, -0.05) is 6.42 Å². The molecule has 3 aliphatic rings. The Bertz CT molecular complexity index is 308. The molecule has 0 aromatic rings. The van der Waals surface area contributed by atoms with Crippen LogP contribution < -0.4 is 11.1 Å². The number of rotatable bonds is 2. The summed E-state index contributed by atoms with van der Waals surface area (Å²) in [5.41, 5.74) is 5.61. The first-order valence-corrected chi connectivity index (χ1v) is 6.72. The van der Waals surface area contributed by atoms with Crippen molar-refractivity contribution in [1.29, 1.82) is 0 Å². The van der Waals surface area contributed by atoms with Gasteiger partial charge >= 0.3 is 0 Å². The van der Waals surface area contributed by atoms with Gasteiger partial charge in [0, 0.05) is 6.04 Å². The minimum atomic E-state index is -0.362. The molecule has 0 spiro atoms. The summed E-state index contributed by atoms with van der Waals surface area (Å²) in [5.74, 6) is 3.61. The van der Waals surface area contributed by atoms with Gasteiger partial charge in [-0.05, 0) is 56.3 Å². The third-order valence-corrected chi connectivity index (χ3v) is 5.17. The molecule has 2 bridgehead atoms. The average Bonchev–Trinajstić information content (AvgIpc) is 2.87. The van der Waals surface area contributed by atoms with E-state index in [-0.39, 0.29) is 24.4 Å². The lowest BCUT2D eigenvalue weighted by Gasteiger charge is -2.32. The van der Waals surface area contributed by atoms with E-state index in [9.17, 15) is 4.79 Å². The maximum absolute atomic E-state index is 11.6. The molecule has 98 valence electrons. The van der Waals surface area contributed by atoms with Crippen LogP contribution in [0.5, 0.6) is 0 Å². The molecule has 3 saturated carbocycles. The van der Waals surface area contributed by atoms with E-state index in [1.807, 2.05) is 0 Å². The highest BCUT2D eigenvalue weighted by molar-refractivity contribution is 5.85. The van der Waals surface area contributed by atoms with E-state index in [1.54, 1.807) is 6.92 Å². The molecule has 0 radical (unpaired) electrons. The molecule has 4 heteroatoms. The molecule has 6 unspecified atom stereocenters. The van der Waals surface area contributed by atoms with Crippen molar-refractivity contribution in [3.8, 4) is 0 Å². The smallest absolute Gasteiger partial charge is 0.236 e. The van der Waals surface area contributed by atoms with Crippen molar-refractivity contribution < 1.29 is 4.79 Å². The van der Waals surface area contributed by atoms with Gasteiger partial charge < -0.3 is 11.1 Å². The fraction of sp³-hybridized carbons (Fsp3) is 0.923. The topological polar surface area (TPSA) is 55.1 Å². The second-order valence-corrected chi connectivity index (χ2v) is 6.06. The molecule has 0 aromatic carbocycles. The molecule has 0 aliphatic heterocycles. The van der Waals surface area contributed by atoms with Gasteiger partial charge in [-0.3, -0.25) is 4.79 Å². The fourth-order valence-corrected chi connectivity index (χ4v) is 4.55. The zero-order chi connectivity index (χ0) is 11.3. The van der Waals surface area contributed by atoms with Crippen LogP contribution in [-0.4, -0.2) is 18.0 Å². The molecule has 3 aliphatic carbocycles. The number of carbonyl (C=O) groups is 1. The Morgan fingerprint density at radius 1 is 1.24 bits per heavy atom. The lowest BCUT2D eigenvalue weighted by Crippen LogP contribution is -2.47. The molecular formula is C13H23ClN2O. The second kappa shape index (κ2) is 4.77. The average molecular weight is 259 g/mol. The summed E-state index contributed by atoms with van der Waals surface area (Å²) in [7, 11) is 0. The third-order valence-electron chi connectivity index (χ3n) is 5.17. The van der Waals surface area contributed by atoms with Gasteiger partial charge in [-0.2, -0.15) is 0 Å². The monoisotopic (exact) mass is 258 g/mol. The van der Waals surface area contributed by atoms with E-state index in [0.717, 1.165) is 23.7 Å². The second-order valence-electron chi connectivity index (χ2n) is 6.06. The first-order chi connectivity index (χ1) is 7.66. The summed E-state index contributed by atoms with van der Waals surface area (Å²) in [6.45, 7) is 1.76. The van der Waals surface area contributed by atoms with E-state index in [0.29, 0.717) is 6.04 Å². The fourth-order valence-electron chi connectivity index (χ4n) is 4.55. The summed E-state index contributed by atoms with van der Waals surface area (Å²) in [4.78, 5) is 11.6. The zero-order valence-corrected chi connectivity index (χ0v) is 11.2. The Kier molecular flexibility index (Phi) is 3.69. The summed E-state index contributed by atoms with van der Waals surface area (Å²) in [5, 5.41) is 3.16. The number of hydrogen-bond donors (Lipinski definition) is 2. The predicted molar refractivity (Wildman–Crippen MR) is 69.9 cm³/mol. The van der Waals surface area contributed by atoms with Crippen LogP contribution in [0.25, 0.3) is 0 Å². The molecule has 17 heavy (non-hydrogen) atoms. The molecule has 0 heterocycles. The Hall–Kier alpha value is -0.280. The Labute approximate surface area is 109 Å². The summed E-state index contributed by atoms with van der Waals surface area (Å²) in [6, 6.07) is 0.0707. The van der Waals surface area contributed by atoms with Gasteiger partial charge in [0.05, 0.1) is 6.04 Å². The number of hydrogen-bond acceptors (Lipinski definition) is 2. The lowest BCUT2D eigenvalue weighted by atomic mass is 9.79. The van der Waals surface area contributed by atoms with Gasteiger partial charge in [0.15, 0.2) is 0 Å². The van der Waals surface area contributed by atoms with E-state index in [2.05, 4.69) is 5.32 Å². The van der Waals surface area contributed by atoms with E-state index in [4.69, 9.17) is 5.73 Å². The molecule has 6 atom stereocenters. The van der Waals surface area contributed by atoms with Crippen molar-refractivity contribution in [3.63, 3.8) is 0 Å². The standard InChI is InChI=1S/C13H22N2O.ClH/c1-7(14)13(16)15-12-6-8-5-11(12)10-4-2-3-9(8)10;/h7-12H,2-6,14H2,1H3,(H,15,16);1H. The highest BCUT2D eigenvalue weighted by atomic mass is 35.5. The van der Waals surface area contributed by atoms with Gasteiger partial charge in [0.25, 0.3) is 0 Å². The minimum Gasteiger partial charge on any atom is -0.352 e. The van der Waals surface area contributed by atoms with Crippen LogP contribution in [0.1, 0.15) is 39.0 Å². The Balaban J connectivity index is 0.00000108. The largest absolute Gasteiger partial charge is 0.352 e. The molecule has 3 nitrogen and oxygen atoms in total. The van der Waals surface area contributed by atoms with Crippen molar-refractivity contribution in [2.75, 3.05) is 0 Å². The third kappa shape index (κ3) is 2.08. The first kappa shape index (κ1) is 13.2. The van der Waals surface area contributed by atoms with Crippen LogP contribution in [-0.2, 0) is 4.79 Å². The zero-order valence-electron chi connectivity index (χ0n) is 10.4. The molecule has 1 amide bonds. The van der Waals surface area contributed by atoms with Gasteiger partial charge in [0.2, 0.25) is 5.91 Å². The van der Waals surface area contributed by atoms with E-state index >= 15 is 0 Å². The number of fused-ring (bicyclic) bond motifs is 5. The maximum Gasteiger partial charge on any atom is 0.236 e. The Morgan fingerprint density at radius 3 is 2.65 bits per heavy atom. The first-order valence-electron chi connectivity index (χ1n) is 6.72. The van der Waals surface area contributed by atoms with Crippen LogP contribution in [0.2, 0.25) is 0 Å². The number of nitrogens with two attached hydrogens (primary N) is 1. The molecule has 3 N–H and O–H groups in total. The van der Waals surface area contributed by atoms with Crippen molar-refractivity contribution in [1.82, 2.24) is 5.32 Å². The SMILES string of the molecule is CC(N)C(=O)NC1CC2CC1C1CCCC21.Cl. The summed E-state index contributed by atoms with van der Waals surface area (Å²) >= 11 is 0. The van der Waals surface area contributed by atoms with Crippen molar-refractivity contribution in [3.05, 3.63) is 0 Å². The van der Waals surface area contributed by atoms with Crippen LogP contribution in [0.15, 0.2) is 0 Å². The normalized spacial score (nSPS) is 44.0. The quantitative estimate of drug-likeness (QED) is 0.792. The van der Waals surface area contributed by atoms with E-state index in [1.165, 1.54) is 32.1 Å². The molecule has 3 fully saturated rings. The van der Waals surface area contributed by atoms with Gasteiger partial charge in [-0.15, -0.1) is 12.4 Å². The number of nitrogens with one attached hydrogen (secondary N) is 1. The highest BCUT2D eigenvalue weighted by Gasteiger charge is 2.54. The molecule has 0 aromatic heterocycles. The highest BCUT2D eigenvalue weighted by Crippen LogP contribution is 2.58. The van der Waals surface area contributed by atoms with Gasteiger partial charge in [0.1, 0.15) is 0 Å². The van der Waals surface area contributed by atoms with Crippen LogP contribution in [0, 0.1) is 23.7 Å². The van der Waals surface area contributed by atoms with Gasteiger partial charge in [-0.25, -0.2) is 0 Å². The summed E-state index contributed by atoms with van der Waals surface area (Å²) < 4.78 is 0. The maximum atomic E-state index is 11.6. The molecular weight excluding hydrogens is 236 g/mol. The predicted octanol–water partition coefficient (Wildman–Crippen LogP) is 1.70. The number of carbonyl (C=O) groups excluding carboxylic acids is 1. The minimum absolute atomic E-state index is 0. The number of amides is 1. The van der Waals surface area contributed by atoms with Crippen LogP contribution >= 0.6 is 12.4 Å². The lowest BCUT2D eigenvalue weighted by molar-refractivity contribution is -0.123.